The van der Waals surface area contributed by atoms with Crippen molar-refractivity contribution < 1.29 is 14.3 Å². The number of carboxylic acids is 1. The lowest BCUT2D eigenvalue weighted by Gasteiger charge is -2.04. The third kappa shape index (κ3) is 2.60. The second kappa shape index (κ2) is 5.06. The molecule has 0 aliphatic carbocycles. The molecule has 94 valence electrons. The number of aliphatic carboxylic acids is 1. The van der Waals surface area contributed by atoms with Gasteiger partial charge in [-0.25, -0.2) is 0 Å². The molecule has 0 fully saturated rings. The summed E-state index contributed by atoms with van der Waals surface area (Å²) < 4.78 is 5.63. The number of rotatable bonds is 4. The van der Waals surface area contributed by atoms with E-state index in [9.17, 15) is 4.79 Å². The van der Waals surface area contributed by atoms with Gasteiger partial charge in [-0.05, 0) is 24.6 Å². The molecule has 0 saturated heterocycles. The molecule has 1 unspecified atom stereocenters. The summed E-state index contributed by atoms with van der Waals surface area (Å²) in [5, 5.41) is 8.74. The molecule has 1 atom stereocenters. The van der Waals surface area contributed by atoms with Gasteiger partial charge in [0.2, 0.25) is 0 Å². The maximum Gasteiger partial charge on any atom is 0.320 e. The van der Waals surface area contributed by atoms with Crippen molar-refractivity contribution in [1.29, 1.82) is 0 Å². The Bertz CT molecular complexity index is 560. The summed E-state index contributed by atoms with van der Waals surface area (Å²) in [7, 11) is 0. The fourth-order valence-electron chi connectivity index (χ4n) is 1.79. The molecule has 0 spiro atoms. The Balaban J connectivity index is 2.21. The predicted molar refractivity (Wildman–Crippen MR) is 68.2 cm³/mol. The molecule has 1 heterocycles. The predicted octanol–water partition coefficient (Wildman–Crippen LogP) is 2.21. The standard InChI is InChI=1S/C14H15NO3/c1-9-4-2-3-5-11(9)13-7-6-10(18-13)8-12(15)14(16)17/h2-7,12H,8,15H2,1H3,(H,16,17). The lowest BCUT2D eigenvalue weighted by molar-refractivity contribution is -0.138. The fourth-order valence-corrected chi connectivity index (χ4v) is 1.79. The average molecular weight is 245 g/mol. The van der Waals surface area contributed by atoms with Crippen molar-refractivity contribution in [1.82, 2.24) is 0 Å². The molecule has 4 heteroatoms. The van der Waals surface area contributed by atoms with E-state index >= 15 is 0 Å². The van der Waals surface area contributed by atoms with Crippen LogP contribution in [0.15, 0.2) is 40.8 Å². The second-order valence-electron chi connectivity index (χ2n) is 4.23. The molecule has 0 aliphatic rings. The molecule has 2 rings (SSSR count). The van der Waals surface area contributed by atoms with Crippen LogP contribution in [0.2, 0.25) is 0 Å². The lowest BCUT2D eigenvalue weighted by Crippen LogP contribution is -2.32. The molecule has 1 aromatic heterocycles. The normalized spacial score (nSPS) is 12.3. The second-order valence-corrected chi connectivity index (χ2v) is 4.23. The van der Waals surface area contributed by atoms with Crippen molar-refractivity contribution in [3.63, 3.8) is 0 Å². The number of carboxylic acid groups (broad SMARTS) is 1. The molecule has 0 saturated carbocycles. The van der Waals surface area contributed by atoms with Crippen molar-refractivity contribution in [2.75, 3.05) is 0 Å². The minimum absolute atomic E-state index is 0.196. The highest BCUT2D eigenvalue weighted by Gasteiger charge is 2.15. The lowest BCUT2D eigenvalue weighted by atomic mass is 10.1. The van der Waals surface area contributed by atoms with Gasteiger partial charge in [-0.2, -0.15) is 0 Å². The Hall–Kier alpha value is -2.07. The summed E-state index contributed by atoms with van der Waals surface area (Å²) in [6.45, 7) is 2.00. The van der Waals surface area contributed by atoms with E-state index in [0.717, 1.165) is 16.9 Å². The van der Waals surface area contributed by atoms with Gasteiger partial charge in [0, 0.05) is 12.0 Å². The molecule has 0 amide bonds. The fraction of sp³-hybridized carbons (Fsp3) is 0.214. The SMILES string of the molecule is Cc1ccccc1-c1ccc(CC(N)C(=O)O)o1. The van der Waals surface area contributed by atoms with Crippen LogP contribution in [0.4, 0.5) is 0 Å². The van der Waals surface area contributed by atoms with E-state index in [-0.39, 0.29) is 6.42 Å². The largest absolute Gasteiger partial charge is 0.480 e. The zero-order chi connectivity index (χ0) is 13.1. The molecule has 0 aliphatic heterocycles. The maximum absolute atomic E-state index is 10.7. The molecule has 2 aromatic rings. The van der Waals surface area contributed by atoms with Gasteiger partial charge >= 0.3 is 5.97 Å². The minimum Gasteiger partial charge on any atom is -0.480 e. The first-order chi connectivity index (χ1) is 8.58. The molecule has 3 N–H and O–H groups in total. The van der Waals surface area contributed by atoms with Gasteiger partial charge in [-0.1, -0.05) is 24.3 Å². The summed E-state index contributed by atoms with van der Waals surface area (Å²) >= 11 is 0. The van der Waals surface area contributed by atoms with Gasteiger partial charge in [0.15, 0.2) is 0 Å². The van der Waals surface area contributed by atoms with E-state index in [0.29, 0.717) is 5.76 Å². The molecule has 1 aromatic carbocycles. The van der Waals surface area contributed by atoms with E-state index in [4.69, 9.17) is 15.3 Å². The molecular formula is C14H15NO3. The summed E-state index contributed by atoms with van der Waals surface area (Å²) in [6.07, 6.45) is 0.196. The van der Waals surface area contributed by atoms with Gasteiger partial charge in [-0.3, -0.25) is 4.79 Å². The monoisotopic (exact) mass is 245 g/mol. The average Bonchev–Trinajstić information content (AvgIpc) is 2.77. The molecule has 18 heavy (non-hydrogen) atoms. The summed E-state index contributed by atoms with van der Waals surface area (Å²) in [6, 6.07) is 10.5. The number of hydrogen-bond donors (Lipinski definition) is 2. The van der Waals surface area contributed by atoms with E-state index in [1.165, 1.54) is 0 Å². The summed E-state index contributed by atoms with van der Waals surface area (Å²) in [4.78, 5) is 10.7. The minimum atomic E-state index is -1.02. The van der Waals surface area contributed by atoms with Gasteiger partial charge in [0.05, 0.1) is 0 Å². The van der Waals surface area contributed by atoms with Gasteiger partial charge in [-0.15, -0.1) is 0 Å². The van der Waals surface area contributed by atoms with Crippen molar-refractivity contribution >= 4 is 5.97 Å². The van der Waals surface area contributed by atoms with E-state index in [1.807, 2.05) is 37.3 Å². The van der Waals surface area contributed by atoms with Crippen LogP contribution in [0.1, 0.15) is 11.3 Å². The maximum atomic E-state index is 10.7. The number of furan rings is 1. The van der Waals surface area contributed by atoms with Crippen LogP contribution in [0, 0.1) is 6.92 Å². The van der Waals surface area contributed by atoms with Gasteiger partial charge in [0.25, 0.3) is 0 Å². The molecular weight excluding hydrogens is 230 g/mol. The van der Waals surface area contributed by atoms with Crippen LogP contribution >= 0.6 is 0 Å². The third-order valence-electron chi connectivity index (χ3n) is 2.81. The Morgan fingerprint density at radius 3 is 2.72 bits per heavy atom. The van der Waals surface area contributed by atoms with E-state index in [2.05, 4.69) is 0 Å². The third-order valence-corrected chi connectivity index (χ3v) is 2.81. The number of aryl methyl sites for hydroxylation is 1. The topological polar surface area (TPSA) is 76.5 Å². The highest BCUT2D eigenvalue weighted by Crippen LogP contribution is 2.25. The smallest absolute Gasteiger partial charge is 0.320 e. The zero-order valence-corrected chi connectivity index (χ0v) is 10.1. The van der Waals surface area contributed by atoms with E-state index in [1.54, 1.807) is 6.07 Å². The van der Waals surface area contributed by atoms with Crippen molar-refractivity contribution in [2.24, 2.45) is 5.73 Å². The van der Waals surface area contributed by atoms with Crippen LogP contribution in [0.3, 0.4) is 0 Å². The van der Waals surface area contributed by atoms with Crippen molar-refractivity contribution in [3.8, 4) is 11.3 Å². The van der Waals surface area contributed by atoms with Crippen LogP contribution in [0.5, 0.6) is 0 Å². The van der Waals surface area contributed by atoms with Crippen LogP contribution in [-0.2, 0) is 11.2 Å². The van der Waals surface area contributed by atoms with Crippen LogP contribution in [-0.4, -0.2) is 17.1 Å². The Morgan fingerprint density at radius 1 is 1.33 bits per heavy atom. The first-order valence-corrected chi connectivity index (χ1v) is 5.71. The highest BCUT2D eigenvalue weighted by molar-refractivity contribution is 5.73. The first kappa shape index (κ1) is 12.4. The molecule has 0 radical (unpaired) electrons. The number of nitrogens with two attached hydrogens (primary N) is 1. The number of carbonyl (C=O) groups is 1. The van der Waals surface area contributed by atoms with Crippen molar-refractivity contribution in [3.05, 3.63) is 47.7 Å². The first-order valence-electron chi connectivity index (χ1n) is 5.71. The Labute approximate surface area is 105 Å². The molecule has 4 nitrogen and oxygen atoms in total. The Morgan fingerprint density at radius 2 is 2.06 bits per heavy atom. The highest BCUT2D eigenvalue weighted by atomic mass is 16.4. The number of benzene rings is 1. The van der Waals surface area contributed by atoms with Crippen LogP contribution in [0.25, 0.3) is 11.3 Å². The summed E-state index contributed by atoms with van der Waals surface area (Å²) in [5.41, 5.74) is 7.59. The van der Waals surface area contributed by atoms with Gasteiger partial charge < -0.3 is 15.3 Å². The summed E-state index contributed by atoms with van der Waals surface area (Å²) in [5.74, 6) is 0.299. The van der Waals surface area contributed by atoms with Gasteiger partial charge in [0.1, 0.15) is 17.6 Å². The van der Waals surface area contributed by atoms with Crippen molar-refractivity contribution in [2.45, 2.75) is 19.4 Å². The Kier molecular flexibility index (Phi) is 3.48. The molecule has 0 bridgehead atoms. The van der Waals surface area contributed by atoms with Crippen LogP contribution < -0.4 is 5.73 Å². The van der Waals surface area contributed by atoms with E-state index < -0.39 is 12.0 Å². The quantitative estimate of drug-likeness (QED) is 0.865. The number of hydrogen-bond acceptors (Lipinski definition) is 3. The zero-order valence-electron chi connectivity index (χ0n) is 10.1.